The van der Waals surface area contributed by atoms with Crippen LogP contribution in [0.15, 0.2) is 0 Å². The summed E-state index contributed by atoms with van der Waals surface area (Å²) in [7, 11) is 0. The molecule has 144 valence electrons. The fourth-order valence-electron chi connectivity index (χ4n) is 5.09. The smallest absolute Gasteiger partial charge is 0.318 e. The van der Waals surface area contributed by atoms with E-state index in [1.807, 2.05) is 0 Å². The number of carbonyl (C=O) groups excluding carboxylic acids is 1. The average Bonchev–Trinajstić information content (AvgIpc) is 3.21. The normalized spacial score (nSPS) is 24.3. The number of carbonyl (C=O) groups is 1. The van der Waals surface area contributed by atoms with Gasteiger partial charge in [-0.25, -0.2) is 4.79 Å². The van der Waals surface area contributed by atoms with Crippen LogP contribution in [0.3, 0.4) is 0 Å². The molecule has 1 N–H and O–H groups in total. The summed E-state index contributed by atoms with van der Waals surface area (Å²) < 4.78 is 2.22. The van der Waals surface area contributed by atoms with Crippen molar-refractivity contribution in [1.82, 2.24) is 25.0 Å². The predicted octanol–water partition coefficient (Wildman–Crippen LogP) is 3.65. The van der Waals surface area contributed by atoms with E-state index in [1.54, 1.807) is 0 Å². The summed E-state index contributed by atoms with van der Waals surface area (Å²) in [5.41, 5.74) is 0. The van der Waals surface area contributed by atoms with Crippen molar-refractivity contribution < 1.29 is 4.79 Å². The Morgan fingerprint density at radius 2 is 1.81 bits per heavy atom. The van der Waals surface area contributed by atoms with Crippen molar-refractivity contribution in [2.75, 3.05) is 6.54 Å². The van der Waals surface area contributed by atoms with Crippen molar-refractivity contribution >= 4 is 6.03 Å². The summed E-state index contributed by atoms with van der Waals surface area (Å²) in [6, 6.07) is 0.530. The third-order valence-corrected chi connectivity index (χ3v) is 6.55. The van der Waals surface area contributed by atoms with Crippen molar-refractivity contribution in [2.45, 2.75) is 96.2 Å². The molecule has 6 nitrogen and oxygen atoms in total. The first-order chi connectivity index (χ1) is 12.8. The molecule has 0 bridgehead atoms. The largest absolute Gasteiger partial charge is 0.331 e. The van der Waals surface area contributed by atoms with Gasteiger partial charge < -0.3 is 14.8 Å². The predicted molar refractivity (Wildman–Crippen MR) is 101 cm³/mol. The Bertz CT molecular complexity index is 607. The summed E-state index contributed by atoms with van der Waals surface area (Å²) in [5.74, 6) is 2.83. The standard InChI is InChI=1S/C20H33N5O/c26-20(21-15-19-23-22-18-11-5-2-6-12-25(18)19)24-13-7-10-17(24)14-16-8-3-1-4-9-16/h16-17H,1-15H2,(H,21,26). The summed E-state index contributed by atoms with van der Waals surface area (Å²) >= 11 is 0. The van der Waals surface area contributed by atoms with Crippen molar-refractivity contribution in [1.29, 1.82) is 0 Å². The fraction of sp³-hybridized carbons (Fsp3) is 0.850. The quantitative estimate of drug-likeness (QED) is 0.892. The highest BCUT2D eigenvalue weighted by molar-refractivity contribution is 5.74. The summed E-state index contributed by atoms with van der Waals surface area (Å²) in [6.45, 7) is 2.39. The molecule has 0 radical (unpaired) electrons. The molecule has 3 heterocycles. The monoisotopic (exact) mass is 359 g/mol. The molecule has 1 aliphatic carbocycles. The van der Waals surface area contributed by atoms with Crippen LogP contribution in [0.4, 0.5) is 4.79 Å². The summed E-state index contributed by atoms with van der Waals surface area (Å²) in [5, 5.41) is 11.8. The van der Waals surface area contributed by atoms with Gasteiger partial charge in [0.05, 0.1) is 6.54 Å². The SMILES string of the molecule is O=C(NCc1nnc2n1CCCCC2)N1CCCC1CC1CCCCC1. The van der Waals surface area contributed by atoms with Crippen molar-refractivity contribution in [2.24, 2.45) is 5.92 Å². The number of urea groups is 1. The van der Waals surface area contributed by atoms with Crippen LogP contribution in [0.2, 0.25) is 0 Å². The molecule has 2 fully saturated rings. The number of hydrogen-bond acceptors (Lipinski definition) is 3. The molecule has 1 unspecified atom stereocenters. The van der Waals surface area contributed by atoms with Crippen LogP contribution in [0.1, 0.15) is 82.3 Å². The minimum absolute atomic E-state index is 0.0919. The zero-order chi connectivity index (χ0) is 17.8. The van der Waals surface area contributed by atoms with E-state index >= 15 is 0 Å². The highest BCUT2D eigenvalue weighted by Crippen LogP contribution is 2.32. The average molecular weight is 360 g/mol. The Morgan fingerprint density at radius 3 is 2.69 bits per heavy atom. The number of amides is 2. The third-order valence-electron chi connectivity index (χ3n) is 6.55. The van der Waals surface area contributed by atoms with Gasteiger partial charge in [0.1, 0.15) is 5.82 Å². The first kappa shape index (κ1) is 17.8. The first-order valence-corrected chi connectivity index (χ1v) is 10.8. The van der Waals surface area contributed by atoms with E-state index in [-0.39, 0.29) is 6.03 Å². The number of fused-ring (bicyclic) bond motifs is 1. The van der Waals surface area contributed by atoms with E-state index in [4.69, 9.17) is 0 Å². The van der Waals surface area contributed by atoms with Crippen LogP contribution in [0, 0.1) is 5.92 Å². The van der Waals surface area contributed by atoms with Crippen LogP contribution in [-0.4, -0.2) is 38.3 Å². The van der Waals surface area contributed by atoms with Crippen LogP contribution < -0.4 is 5.32 Å². The van der Waals surface area contributed by atoms with E-state index in [0.29, 0.717) is 12.6 Å². The molecule has 3 aliphatic rings. The van der Waals surface area contributed by atoms with Gasteiger partial charge in [-0.2, -0.15) is 0 Å². The highest BCUT2D eigenvalue weighted by Gasteiger charge is 2.31. The number of nitrogens with zero attached hydrogens (tertiary/aromatic N) is 4. The Kier molecular flexibility index (Phi) is 5.75. The molecule has 0 spiro atoms. The lowest BCUT2D eigenvalue weighted by atomic mass is 9.84. The zero-order valence-electron chi connectivity index (χ0n) is 16.0. The second-order valence-electron chi connectivity index (χ2n) is 8.38. The maximum atomic E-state index is 12.8. The maximum Gasteiger partial charge on any atom is 0.318 e. The van der Waals surface area contributed by atoms with Crippen LogP contribution in [0.25, 0.3) is 0 Å². The van der Waals surface area contributed by atoms with E-state index in [2.05, 4.69) is 25.0 Å². The van der Waals surface area contributed by atoms with Crippen LogP contribution in [-0.2, 0) is 19.5 Å². The lowest BCUT2D eigenvalue weighted by molar-refractivity contribution is 0.177. The lowest BCUT2D eigenvalue weighted by Gasteiger charge is -2.30. The zero-order valence-corrected chi connectivity index (χ0v) is 16.0. The second kappa shape index (κ2) is 8.40. The molecule has 2 amide bonds. The minimum Gasteiger partial charge on any atom is -0.331 e. The third kappa shape index (κ3) is 4.04. The number of rotatable bonds is 4. The Morgan fingerprint density at radius 1 is 0.962 bits per heavy atom. The van der Waals surface area contributed by atoms with Gasteiger partial charge in [0.2, 0.25) is 0 Å². The van der Waals surface area contributed by atoms with E-state index in [0.717, 1.165) is 43.5 Å². The number of aryl methyl sites for hydroxylation is 1. The van der Waals surface area contributed by atoms with Gasteiger partial charge >= 0.3 is 6.03 Å². The van der Waals surface area contributed by atoms with Crippen molar-refractivity contribution in [3.05, 3.63) is 11.6 Å². The molecule has 0 aromatic carbocycles. The highest BCUT2D eigenvalue weighted by atomic mass is 16.2. The summed E-state index contributed by atoms with van der Waals surface area (Å²) in [4.78, 5) is 14.9. The van der Waals surface area contributed by atoms with Crippen LogP contribution in [0.5, 0.6) is 0 Å². The molecule has 1 atom stereocenters. The van der Waals surface area contributed by atoms with Gasteiger partial charge in [-0.3, -0.25) is 0 Å². The van der Waals surface area contributed by atoms with Crippen molar-refractivity contribution in [3.63, 3.8) is 0 Å². The van der Waals surface area contributed by atoms with Gasteiger partial charge in [0.15, 0.2) is 5.82 Å². The Hall–Kier alpha value is -1.59. The van der Waals surface area contributed by atoms with Crippen molar-refractivity contribution in [3.8, 4) is 0 Å². The van der Waals surface area contributed by atoms with Gasteiger partial charge in [-0.1, -0.05) is 38.5 Å². The maximum absolute atomic E-state index is 12.8. The molecule has 2 aliphatic heterocycles. The molecular weight excluding hydrogens is 326 g/mol. The van der Waals surface area contributed by atoms with Crippen LogP contribution >= 0.6 is 0 Å². The number of hydrogen-bond donors (Lipinski definition) is 1. The van der Waals surface area contributed by atoms with E-state index < -0.39 is 0 Å². The van der Waals surface area contributed by atoms with E-state index in [1.165, 1.54) is 64.2 Å². The molecule has 6 heteroatoms. The summed E-state index contributed by atoms with van der Waals surface area (Å²) in [6.07, 6.45) is 15.0. The van der Waals surface area contributed by atoms with Gasteiger partial charge in [0, 0.05) is 25.6 Å². The number of aromatic nitrogens is 3. The topological polar surface area (TPSA) is 63.1 Å². The molecule has 1 aromatic rings. The molecular formula is C20H33N5O. The molecule has 1 saturated heterocycles. The first-order valence-electron chi connectivity index (χ1n) is 10.8. The fourth-order valence-corrected chi connectivity index (χ4v) is 5.09. The van der Waals surface area contributed by atoms with Gasteiger partial charge in [-0.05, 0) is 38.0 Å². The molecule has 26 heavy (non-hydrogen) atoms. The van der Waals surface area contributed by atoms with E-state index in [9.17, 15) is 4.79 Å². The molecule has 1 aromatic heterocycles. The van der Waals surface area contributed by atoms with Gasteiger partial charge in [-0.15, -0.1) is 10.2 Å². The molecule has 4 rings (SSSR count). The number of nitrogens with one attached hydrogen (secondary N) is 1. The van der Waals surface area contributed by atoms with Gasteiger partial charge in [0.25, 0.3) is 0 Å². The Labute approximate surface area is 156 Å². The Balaban J connectivity index is 1.32. The molecule has 1 saturated carbocycles. The second-order valence-corrected chi connectivity index (χ2v) is 8.38. The lowest BCUT2D eigenvalue weighted by Crippen LogP contribution is -2.43. The minimum atomic E-state index is 0.0919. The number of likely N-dealkylation sites (tertiary alicyclic amines) is 1.